The molecule has 2 aliphatic heterocycles. The van der Waals surface area contributed by atoms with E-state index >= 15 is 0 Å². The molecule has 27 heavy (non-hydrogen) atoms. The molecule has 5 nitrogen and oxygen atoms in total. The molecule has 2 heterocycles. The van der Waals surface area contributed by atoms with Crippen LogP contribution in [0.3, 0.4) is 0 Å². The van der Waals surface area contributed by atoms with Gasteiger partial charge in [-0.2, -0.15) is 0 Å². The summed E-state index contributed by atoms with van der Waals surface area (Å²) in [6, 6.07) is 19.4. The van der Waals surface area contributed by atoms with Crippen molar-refractivity contribution in [2.75, 3.05) is 19.7 Å². The van der Waals surface area contributed by atoms with Crippen LogP contribution in [0.1, 0.15) is 24.0 Å². The topological polar surface area (TPSA) is 60.9 Å². The van der Waals surface area contributed by atoms with Gasteiger partial charge in [0.2, 0.25) is 11.8 Å². The van der Waals surface area contributed by atoms with Crippen molar-refractivity contribution < 1.29 is 14.7 Å². The lowest BCUT2D eigenvalue weighted by atomic mass is 9.60. The number of hydrogen-bond acceptors (Lipinski definition) is 3. The summed E-state index contributed by atoms with van der Waals surface area (Å²) in [5, 5.41) is 10.1. The third-order valence-electron chi connectivity index (χ3n) is 5.96. The van der Waals surface area contributed by atoms with Crippen LogP contribution in [0, 0.1) is 0 Å². The quantitative estimate of drug-likeness (QED) is 0.900. The minimum atomic E-state index is -0.410. The van der Waals surface area contributed by atoms with E-state index in [2.05, 4.69) is 0 Å². The normalized spacial score (nSPS) is 22.9. The zero-order chi connectivity index (χ0) is 19.0. The van der Waals surface area contributed by atoms with Crippen molar-refractivity contribution in [3.8, 4) is 0 Å². The van der Waals surface area contributed by atoms with E-state index in [9.17, 15) is 14.7 Å². The van der Waals surface area contributed by atoms with E-state index in [1.807, 2.05) is 65.6 Å². The van der Waals surface area contributed by atoms with Gasteiger partial charge in [-0.05, 0) is 11.1 Å². The molecular formula is C22H24N2O3. The smallest absolute Gasteiger partial charge is 0.227 e. The number of aliphatic hydroxyl groups is 1. The summed E-state index contributed by atoms with van der Waals surface area (Å²) in [6.07, 6.45) is 0.306. The maximum absolute atomic E-state index is 13.1. The first-order valence-electron chi connectivity index (χ1n) is 9.34. The second kappa shape index (κ2) is 6.82. The highest BCUT2D eigenvalue weighted by molar-refractivity contribution is 5.83. The first kappa shape index (κ1) is 17.7. The van der Waals surface area contributed by atoms with E-state index in [-0.39, 0.29) is 30.4 Å². The number of aliphatic hydroxyl groups excluding tert-OH is 1. The number of likely N-dealkylation sites (tertiary alicyclic amines) is 2. The molecule has 2 aliphatic rings. The zero-order valence-corrected chi connectivity index (χ0v) is 15.4. The van der Waals surface area contributed by atoms with Crippen molar-refractivity contribution in [2.24, 2.45) is 0 Å². The fourth-order valence-corrected chi connectivity index (χ4v) is 4.76. The van der Waals surface area contributed by atoms with Gasteiger partial charge in [-0.15, -0.1) is 0 Å². The van der Waals surface area contributed by atoms with Crippen LogP contribution in [-0.2, 0) is 16.0 Å². The lowest BCUT2D eigenvalue weighted by Crippen LogP contribution is -2.86. The molecule has 2 aromatic rings. The van der Waals surface area contributed by atoms with E-state index in [4.69, 9.17) is 0 Å². The third kappa shape index (κ3) is 2.82. The number of amides is 2. The number of nitrogens with zero attached hydrogens (tertiary/aromatic N) is 2. The maximum atomic E-state index is 13.1. The first-order chi connectivity index (χ1) is 13.1. The molecule has 0 aromatic heterocycles. The monoisotopic (exact) mass is 364 g/mol. The maximum Gasteiger partial charge on any atom is 0.227 e. The predicted molar refractivity (Wildman–Crippen MR) is 102 cm³/mol. The average Bonchev–Trinajstić information content (AvgIpc) is 2.61. The van der Waals surface area contributed by atoms with Gasteiger partial charge in [-0.3, -0.25) is 9.59 Å². The van der Waals surface area contributed by atoms with Crippen LogP contribution in [0.5, 0.6) is 0 Å². The van der Waals surface area contributed by atoms with Crippen molar-refractivity contribution >= 4 is 11.8 Å². The fourth-order valence-electron chi connectivity index (χ4n) is 4.76. The molecule has 1 N–H and O–H groups in total. The third-order valence-corrected chi connectivity index (χ3v) is 5.96. The van der Waals surface area contributed by atoms with Gasteiger partial charge in [0, 0.05) is 25.9 Å². The average molecular weight is 364 g/mol. The molecule has 140 valence electrons. The van der Waals surface area contributed by atoms with E-state index in [0.29, 0.717) is 19.5 Å². The molecule has 0 aliphatic carbocycles. The highest BCUT2D eigenvalue weighted by Gasteiger charge is 2.67. The van der Waals surface area contributed by atoms with Crippen molar-refractivity contribution in [2.45, 2.75) is 30.8 Å². The Labute approximate surface area is 159 Å². The highest BCUT2D eigenvalue weighted by Crippen LogP contribution is 2.53. The summed E-state index contributed by atoms with van der Waals surface area (Å²) >= 11 is 0. The molecule has 4 rings (SSSR count). The number of carbonyl (C=O) groups excluding carboxylic acids is 2. The molecule has 0 radical (unpaired) electrons. The van der Waals surface area contributed by atoms with Crippen molar-refractivity contribution in [1.29, 1.82) is 0 Å². The fraction of sp³-hybridized carbons (Fsp3) is 0.364. The van der Waals surface area contributed by atoms with Crippen LogP contribution in [0.4, 0.5) is 0 Å². The van der Waals surface area contributed by atoms with E-state index < -0.39 is 5.54 Å². The van der Waals surface area contributed by atoms with Crippen molar-refractivity contribution in [3.63, 3.8) is 0 Å². The van der Waals surface area contributed by atoms with Crippen LogP contribution < -0.4 is 0 Å². The molecule has 2 saturated heterocycles. The van der Waals surface area contributed by atoms with Gasteiger partial charge < -0.3 is 14.9 Å². The highest BCUT2D eigenvalue weighted by atomic mass is 16.3. The van der Waals surface area contributed by atoms with E-state index in [0.717, 1.165) is 11.1 Å². The van der Waals surface area contributed by atoms with E-state index in [1.165, 1.54) is 0 Å². The van der Waals surface area contributed by atoms with Gasteiger partial charge in [0.15, 0.2) is 0 Å². The van der Waals surface area contributed by atoms with Crippen LogP contribution in [-0.4, -0.2) is 58.0 Å². The van der Waals surface area contributed by atoms with Gasteiger partial charge >= 0.3 is 0 Å². The van der Waals surface area contributed by atoms with Crippen LogP contribution in [0.2, 0.25) is 0 Å². The summed E-state index contributed by atoms with van der Waals surface area (Å²) in [5.74, 6) is 0.0741. The molecular weight excluding hydrogens is 340 g/mol. The minimum Gasteiger partial charge on any atom is -0.394 e. The molecule has 2 aromatic carbocycles. The lowest BCUT2D eigenvalue weighted by molar-refractivity contribution is -0.202. The van der Waals surface area contributed by atoms with Gasteiger partial charge in [0.1, 0.15) is 0 Å². The Morgan fingerprint density at radius 1 is 1.04 bits per heavy atom. The Kier molecular flexibility index (Phi) is 4.48. The first-order valence-corrected chi connectivity index (χ1v) is 9.34. The SMILES string of the molecule is CC(=O)N1CC2(C1)[C@H](c1ccccc1)[C@H](CO)N2C(=O)Cc1ccccc1. The summed E-state index contributed by atoms with van der Waals surface area (Å²) in [5.41, 5.74) is 1.66. The number of benzene rings is 2. The Morgan fingerprint density at radius 2 is 1.63 bits per heavy atom. The standard InChI is InChI=1S/C22H24N2O3/c1-16(26)23-14-22(15-23)21(18-10-6-3-7-11-18)19(13-25)24(22)20(27)12-17-8-4-2-5-9-17/h2-11,19,21,25H,12-15H2,1H3/t19-,21+/m0/s1. The Bertz CT molecular complexity index is 831. The zero-order valence-electron chi connectivity index (χ0n) is 15.4. The number of rotatable bonds is 4. The molecule has 2 atom stereocenters. The van der Waals surface area contributed by atoms with Crippen LogP contribution in [0.15, 0.2) is 60.7 Å². The second-order valence-corrected chi connectivity index (χ2v) is 7.54. The molecule has 0 unspecified atom stereocenters. The van der Waals surface area contributed by atoms with Crippen molar-refractivity contribution in [3.05, 3.63) is 71.8 Å². The number of carbonyl (C=O) groups is 2. The Morgan fingerprint density at radius 3 is 2.19 bits per heavy atom. The lowest BCUT2D eigenvalue weighted by Gasteiger charge is -2.70. The van der Waals surface area contributed by atoms with Gasteiger partial charge in [-0.25, -0.2) is 0 Å². The summed E-state index contributed by atoms with van der Waals surface area (Å²) in [6.45, 7) is 2.53. The Hall–Kier alpha value is -2.66. The van der Waals surface area contributed by atoms with Gasteiger partial charge in [-0.1, -0.05) is 60.7 Å². The largest absolute Gasteiger partial charge is 0.394 e. The predicted octanol–water partition coefficient (Wildman–Crippen LogP) is 1.82. The van der Waals surface area contributed by atoms with Gasteiger partial charge in [0.05, 0.1) is 24.6 Å². The van der Waals surface area contributed by atoms with E-state index in [1.54, 1.807) is 11.8 Å². The molecule has 2 fully saturated rings. The minimum absolute atomic E-state index is 0.00985. The second-order valence-electron chi connectivity index (χ2n) is 7.54. The van der Waals surface area contributed by atoms with Crippen molar-refractivity contribution in [1.82, 2.24) is 9.80 Å². The summed E-state index contributed by atoms with van der Waals surface area (Å²) < 4.78 is 0. The van der Waals surface area contributed by atoms with Gasteiger partial charge in [0.25, 0.3) is 0 Å². The molecule has 1 spiro atoms. The molecule has 5 heteroatoms. The van der Waals surface area contributed by atoms with Crippen LogP contribution in [0.25, 0.3) is 0 Å². The van der Waals surface area contributed by atoms with Crippen LogP contribution >= 0.6 is 0 Å². The Balaban J connectivity index is 1.63. The summed E-state index contributed by atoms with van der Waals surface area (Å²) in [7, 11) is 0. The molecule has 0 saturated carbocycles. The molecule has 2 amide bonds. The number of hydrogen-bond donors (Lipinski definition) is 1. The summed E-state index contributed by atoms with van der Waals surface area (Å²) in [4.78, 5) is 28.5. The molecule has 0 bridgehead atoms.